The Morgan fingerprint density at radius 3 is 2.84 bits per heavy atom. The predicted molar refractivity (Wildman–Crippen MR) is 88.7 cm³/mol. The maximum absolute atomic E-state index is 5.96. The molecule has 0 aliphatic carbocycles. The molecule has 1 N–H and O–H groups in total. The number of hydrogen-bond acceptors (Lipinski definition) is 4. The Kier molecular flexibility index (Phi) is 3.80. The molecule has 0 bridgehead atoms. The first-order valence-corrected chi connectivity index (χ1v) is 8.50. The van der Waals surface area contributed by atoms with E-state index in [0.29, 0.717) is 0 Å². The first kappa shape index (κ1) is 13.4. The zero-order chi connectivity index (χ0) is 13.4. The van der Waals surface area contributed by atoms with Crippen LogP contribution in [-0.4, -0.2) is 4.98 Å². The lowest BCUT2D eigenvalue weighted by molar-refractivity contribution is 0.905. The van der Waals surface area contributed by atoms with Gasteiger partial charge in [-0.1, -0.05) is 38.9 Å². The average molecular weight is 374 g/mol. The highest BCUT2D eigenvalue weighted by atomic mass is 79.9. The number of benzene rings is 1. The van der Waals surface area contributed by atoms with Crippen molar-refractivity contribution in [3.8, 4) is 0 Å². The number of aromatic nitrogens is 1. The van der Waals surface area contributed by atoms with Gasteiger partial charge in [0, 0.05) is 9.35 Å². The van der Waals surface area contributed by atoms with Crippen molar-refractivity contribution in [1.82, 2.24) is 4.98 Å². The minimum absolute atomic E-state index is 0.210. The number of halogens is 2. The Morgan fingerprint density at radius 2 is 2.11 bits per heavy atom. The fourth-order valence-corrected chi connectivity index (χ4v) is 4.35. The lowest BCUT2D eigenvalue weighted by Gasteiger charge is -2.09. The Hall–Kier alpha value is -0.620. The number of nitrogens with zero attached hydrogens (tertiary/aromatic N) is 1. The standard InChI is InChI=1S/C13H10BrClN2S2/c1-7(10-4-5-12(15)18-10)16-13-17-9-3-2-8(14)6-11(9)19-13/h2-7H,1H3,(H,16,17). The minimum Gasteiger partial charge on any atom is -0.354 e. The van der Waals surface area contributed by atoms with Gasteiger partial charge >= 0.3 is 0 Å². The summed E-state index contributed by atoms with van der Waals surface area (Å²) in [4.78, 5) is 5.80. The number of thiophene rings is 1. The van der Waals surface area contributed by atoms with Crippen LogP contribution in [0.2, 0.25) is 4.34 Å². The van der Waals surface area contributed by atoms with Crippen molar-refractivity contribution in [1.29, 1.82) is 0 Å². The molecule has 3 rings (SSSR count). The smallest absolute Gasteiger partial charge is 0.184 e. The second-order valence-corrected chi connectivity index (χ2v) is 7.83. The molecule has 3 aromatic rings. The van der Waals surface area contributed by atoms with Gasteiger partial charge in [-0.2, -0.15) is 0 Å². The van der Waals surface area contributed by atoms with Crippen LogP contribution in [-0.2, 0) is 0 Å². The second-order valence-electron chi connectivity index (χ2n) is 4.14. The SMILES string of the molecule is CC(Nc1nc2ccc(Br)cc2s1)c1ccc(Cl)s1. The molecule has 0 aliphatic heterocycles. The summed E-state index contributed by atoms with van der Waals surface area (Å²) >= 11 is 12.7. The number of anilines is 1. The van der Waals surface area contributed by atoms with Gasteiger partial charge in [0.1, 0.15) is 0 Å². The molecule has 2 heterocycles. The number of fused-ring (bicyclic) bond motifs is 1. The number of hydrogen-bond donors (Lipinski definition) is 1. The first-order chi connectivity index (χ1) is 9.11. The molecule has 1 aromatic carbocycles. The van der Waals surface area contributed by atoms with Crippen LogP contribution in [0.5, 0.6) is 0 Å². The van der Waals surface area contributed by atoms with E-state index < -0.39 is 0 Å². The maximum Gasteiger partial charge on any atom is 0.184 e. The normalized spacial score (nSPS) is 12.8. The molecule has 1 atom stereocenters. The second kappa shape index (κ2) is 5.40. The monoisotopic (exact) mass is 372 g/mol. The molecule has 0 saturated heterocycles. The molecule has 2 nitrogen and oxygen atoms in total. The number of rotatable bonds is 3. The third-order valence-corrected chi connectivity index (χ3v) is 5.57. The van der Waals surface area contributed by atoms with Gasteiger partial charge in [0.05, 0.1) is 20.6 Å². The fraction of sp³-hybridized carbons (Fsp3) is 0.154. The van der Waals surface area contributed by atoms with E-state index in [1.54, 1.807) is 22.7 Å². The largest absolute Gasteiger partial charge is 0.354 e. The summed E-state index contributed by atoms with van der Waals surface area (Å²) in [6.45, 7) is 2.12. The summed E-state index contributed by atoms with van der Waals surface area (Å²) in [5.41, 5.74) is 1.02. The van der Waals surface area contributed by atoms with Gasteiger partial charge < -0.3 is 5.32 Å². The van der Waals surface area contributed by atoms with Gasteiger partial charge in [0.15, 0.2) is 5.13 Å². The first-order valence-electron chi connectivity index (χ1n) is 5.70. The molecule has 0 saturated carbocycles. The van der Waals surface area contributed by atoms with E-state index >= 15 is 0 Å². The lowest BCUT2D eigenvalue weighted by Crippen LogP contribution is -2.03. The highest BCUT2D eigenvalue weighted by Gasteiger charge is 2.11. The van der Waals surface area contributed by atoms with Crippen LogP contribution in [0.3, 0.4) is 0 Å². The van der Waals surface area contributed by atoms with Gasteiger partial charge in [-0.15, -0.1) is 11.3 Å². The molecule has 19 heavy (non-hydrogen) atoms. The van der Waals surface area contributed by atoms with Crippen molar-refractivity contribution in [2.24, 2.45) is 0 Å². The summed E-state index contributed by atoms with van der Waals surface area (Å²) in [7, 11) is 0. The molecule has 98 valence electrons. The van der Waals surface area contributed by atoms with Gasteiger partial charge in [0.2, 0.25) is 0 Å². The van der Waals surface area contributed by atoms with E-state index in [0.717, 1.165) is 19.5 Å². The van der Waals surface area contributed by atoms with Gasteiger partial charge in [-0.25, -0.2) is 4.98 Å². The summed E-state index contributed by atoms with van der Waals surface area (Å²) in [5.74, 6) is 0. The number of nitrogens with one attached hydrogen (secondary N) is 1. The van der Waals surface area contributed by atoms with E-state index in [9.17, 15) is 0 Å². The van der Waals surface area contributed by atoms with Crippen molar-refractivity contribution in [2.45, 2.75) is 13.0 Å². The Bertz CT molecular complexity index is 722. The van der Waals surface area contributed by atoms with Crippen LogP contribution in [0.15, 0.2) is 34.8 Å². The maximum atomic E-state index is 5.96. The quantitative estimate of drug-likeness (QED) is 0.614. The molecule has 2 aromatic heterocycles. The summed E-state index contributed by atoms with van der Waals surface area (Å²) < 4.78 is 3.07. The summed E-state index contributed by atoms with van der Waals surface area (Å²) in [6.07, 6.45) is 0. The molecular weight excluding hydrogens is 364 g/mol. The van der Waals surface area contributed by atoms with E-state index in [2.05, 4.69) is 45.3 Å². The van der Waals surface area contributed by atoms with Crippen LogP contribution >= 0.6 is 50.2 Å². The van der Waals surface area contributed by atoms with E-state index in [1.807, 2.05) is 18.2 Å². The van der Waals surface area contributed by atoms with Gasteiger partial charge in [-0.05, 0) is 37.3 Å². The Morgan fingerprint density at radius 1 is 1.26 bits per heavy atom. The Labute approximate surface area is 132 Å². The fourth-order valence-electron chi connectivity index (χ4n) is 1.78. The van der Waals surface area contributed by atoms with Crippen molar-refractivity contribution in [3.05, 3.63) is 44.0 Å². The topological polar surface area (TPSA) is 24.9 Å². The lowest BCUT2D eigenvalue weighted by atomic mass is 10.3. The molecule has 0 radical (unpaired) electrons. The number of thiazole rings is 1. The van der Waals surface area contributed by atoms with Crippen LogP contribution < -0.4 is 5.32 Å². The highest BCUT2D eigenvalue weighted by Crippen LogP contribution is 2.33. The minimum atomic E-state index is 0.210. The van der Waals surface area contributed by atoms with E-state index in [1.165, 1.54) is 9.58 Å². The molecule has 1 unspecified atom stereocenters. The van der Waals surface area contributed by atoms with Gasteiger partial charge in [0.25, 0.3) is 0 Å². The molecule has 0 amide bonds. The van der Waals surface area contributed by atoms with Crippen molar-refractivity contribution in [2.75, 3.05) is 5.32 Å². The zero-order valence-electron chi connectivity index (χ0n) is 9.98. The highest BCUT2D eigenvalue weighted by molar-refractivity contribution is 9.10. The molecule has 0 fully saturated rings. The van der Waals surface area contributed by atoms with Crippen LogP contribution in [0.25, 0.3) is 10.2 Å². The molecule has 6 heteroatoms. The van der Waals surface area contributed by atoms with Crippen molar-refractivity contribution < 1.29 is 0 Å². The summed E-state index contributed by atoms with van der Waals surface area (Å²) in [5, 5.41) is 4.36. The van der Waals surface area contributed by atoms with Crippen LogP contribution in [0, 0.1) is 0 Å². The van der Waals surface area contributed by atoms with Crippen LogP contribution in [0.1, 0.15) is 17.8 Å². The zero-order valence-corrected chi connectivity index (χ0v) is 14.0. The average Bonchev–Trinajstić information content (AvgIpc) is 2.94. The van der Waals surface area contributed by atoms with Crippen molar-refractivity contribution >= 4 is 65.6 Å². The van der Waals surface area contributed by atoms with Crippen molar-refractivity contribution in [3.63, 3.8) is 0 Å². The van der Waals surface area contributed by atoms with E-state index in [4.69, 9.17) is 11.6 Å². The third kappa shape index (κ3) is 2.94. The third-order valence-electron chi connectivity index (χ3n) is 2.71. The Balaban J connectivity index is 1.85. The molecular formula is C13H10BrClN2S2. The predicted octanol–water partition coefficient (Wildman–Crippen LogP) is 5.95. The van der Waals surface area contributed by atoms with E-state index in [-0.39, 0.29) is 6.04 Å². The summed E-state index contributed by atoms with van der Waals surface area (Å²) in [6, 6.07) is 10.3. The van der Waals surface area contributed by atoms with Gasteiger partial charge in [-0.3, -0.25) is 0 Å². The molecule has 0 aliphatic rings. The van der Waals surface area contributed by atoms with Crippen LogP contribution in [0.4, 0.5) is 5.13 Å². The molecule has 0 spiro atoms.